The zero-order chi connectivity index (χ0) is 23.1. The van der Waals surface area contributed by atoms with Gasteiger partial charge >= 0.3 is 0 Å². The van der Waals surface area contributed by atoms with Crippen LogP contribution in [0, 0.1) is 6.92 Å². The smallest absolute Gasteiger partial charge is 0.255 e. The van der Waals surface area contributed by atoms with Gasteiger partial charge in [0.15, 0.2) is 5.16 Å². The third-order valence-corrected chi connectivity index (χ3v) is 5.67. The molecule has 9 heteroatoms. The van der Waals surface area contributed by atoms with E-state index < -0.39 is 0 Å². The van der Waals surface area contributed by atoms with Gasteiger partial charge in [-0.1, -0.05) is 23.9 Å². The van der Waals surface area contributed by atoms with Crippen LogP contribution in [0.2, 0.25) is 0 Å². The predicted octanol–water partition coefficient (Wildman–Crippen LogP) is 3.58. The van der Waals surface area contributed by atoms with Gasteiger partial charge in [0.1, 0.15) is 17.2 Å². The first-order valence-corrected chi connectivity index (χ1v) is 10.8. The molecule has 1 heterocycles. The Morgan fingerprint density at radius 3 is 2.50 bits per heavy atom. The lowest BCUT2D eigenvalue weighted by atomic mass is 10.1. The third kappa shape index (κ3) is 5.82. The number of thioether (sulfide) groups is 1. The molecule has 1 amide bonds. The van der Waals surface area contributed by atoms with Crippen molar-refractivity contribution in [1.29, 1.82) is 0 Å². The van der Waals surface area contributed by atoms with Crippen LogP contribution in [0.5, 0.6) is 17.2 Å². The van der Waals surface area contributed by atoms with Gasteiger partial charge in [-0.05, 0) is 36.8 Å². The van der Waals surface area contributed by atoms with Crippen molar-refractivity contribution >= 4 is 23.4 Å². The highest BCUT2D eigenvalue weighted by Crippen LogP contribution is 2.29. The van der Waals surface area contributed by atoms with Gasteiger partial charge in [0, 0.05) is 23.1 Å². The SMILES string of the molecule is COc1cccc(CSc2nc(C)c(CC(=O)Nc3cc(OC)ccc3OC)c(=O)[nH]2)c1. The lowest BCUT2D eigenvalue weighted by Crippen LogP contribution is -2.24. The summed E-state index contributed by atoms with van der Waals surface area (Å²) in [5.41, 5.74) is 2.00. The van der Waals surface area contributed by atoms with Crippen molar-refractivity contribution in [3.8, 4) is 17.2 Å². The van der Waals surface area contributed by atoms with Gasteiger partial charge in [0.05, 0.1) is 33.4 Å². The summed E-state index contributed by atoms with van der Waals surface area (Å²) < 4.78 is 15.7. The average molecular weight is 456 g/mol. The number of hydrogen-bond donors (Lipinski definition) is 2. The van der Waals surface area contributed by atoms with Crippen LogP contribution in [-0.4, -0.2) is 37.2 Å². The van der Waals surface area contributed by atoms with Crippen molar-refractivity contribution in [2.75, 3.05) is 26.6 Å². The molecule has 2 N–H and O–H groups in total. The fourth-order valence-corrected chi connectivity index (χ4v) is 3.89. The number of aromatic amines is 1. The number of carbonyl (C=O) groups is 1. The molecular weight excluding hydrogens is 430 g/mol. The maximum absolute atomic E-state index is 12.6. The Labute approximate surface area is 190 Å². The van der Waals surface area contributed by atoms with E-state index in [1.807, 2.05) is 24.3 Å². The number of rotatable bonds is 9. The summed E-state index contributed by atoms with van der Waals surface area (Å²) in [6.45, 7) is 1.72. The maximum atomic E-state index is 12.6. The number of anilines is 1. The molecule has 168 valence electrons. The number of aromatic nitrogens is 2. The topological polar surface area (TPSA) is 103 Å². The van der Waals surface area contributed by atoms with Gasteiger partial charge in [0.2, 0.25) is 5.91 Å². The van der Waals surface area contributed by atoms with E-state index in [1.165, 1.54) is 26.0 Å². The molecule has 0 fully saturated rings. The summed E-state index contributed by atoms with van der Waals surface area (Å²) in [5.74, 6) is 2.11. The van der Waals surface area contributed by atoms with E-state index in [1.54, 1.807) is 32.2 Å². The number of nitrogens with zero attached hydrogens (tertiary/aromatic N) is 1. The zero-order valence-corrected chi connectivity index (χ0v) is 19.2. The number of hydrogen-bond acceptors (Lipinski definition) is 7. The lowest BCUT2D eigenvalue weighted by molar-refractivity contribution is -0.115. The van der Waals surface area contributed by atoms with Gasteiger partial charge in [0.25, 0.3) is 5.56 Å². The fraction of sp³-hybridized carbons (Fsp3) is 0.261. The van der Waals surface area contributed by atoms with Crippen molar-refractivity contribution in [3.05, 3.63) is 69.6 Å². The summed E-state index contributed by atoms with van der Waals surface area (Å²) in [7, 11) is 4.67. The summed E-state index contributed by atoms with van der Waals surface area (Å²) in [5, 5.41) is 3.26. The fourth-order valence-electron chi connectivity index (χ4n) is 3.04. The highest BCUT2D eigenvalue weighted by atomic mass is 32.2. The molecule has 0 unspecified atom stereocenters. The number of amides is 1. The van der Waals surface area contributed by atoms with Gasteiger partial charge in [-0.3, -0.25) is 9.59 Å². The normalized spacial score (nSPS) is 10.5. The molecule has 0 atom stereocenters. The average Bonchev–Trinajstić information content (AvgIpc) is 2.80. The Morgan fingerprint density at radius 1 is 1.06 bits per heavy atom. The van der Waals surface area contributed by atoms with Crippen LogP contribution >= 0.6 is 11.8 Å². The van der Waals surface area contributed by atoms with E-state index >= 15 is 0 Å². The van der Waals surface area contributed by atoms with Gasteiger partial charge in [-0.2, -0.15) is 0 Å². The van der Waals surface area contributed by atoms with Crippen LogP contribution in [-0.2, 0) is 17.0 Å². The first-order valence-electron chi connectivity index (χ1n) is 9.81. The Morgan fingerprint density at radius 2 is 1.81 bits per heavy atom. The summed E-state index contributed by atoms with van der Waals surface area (Å²) in [4.78, 5) is 32.5. The number of benzene rings is 2. The van der Waals surface area contributed by atoms with Crippen molar-refractivity contribution in [3.63, 3.8) is 0 Å². The molecule has 0 aliphatic rings. The molecule has 0 spiro atoms. The van der Waals surface area contributed by atoms with Crippen LogP contribution in [0.25, 0.3) is 0 Å². The van der Waals surface area contributed by atoms with Crippen molar-refractivity contribution in [2.45, 2.75) is 24.3 Å². The van der Waals surface area contributed by atoms with Crippen LogP contribution < -0.4 is 25.1 Å². The Kier molecular flexibility index (Phi) is 7.77. The minimum absolute atomic E-state index is 0.116. The molecule has 0 aliphatic heterocycles. The second kappa shape index (κ2) is 10.7. The van der Waals surface area contributed by atoms with E-state index in [0.717, 1.165) is 11.3 Å². The first kappa shape index (κ1) is 23.2. The van der Waals surface area contributed by atoms with Crippen molar-refractivity contribution in [1.82, 2.24) is 9.97 Å². The van der Waals surface area contributed by atoms with Crippen LogP contribution in [0.1, 0.15) is 16.8 Å². The van der Waals surface area contributed by atoms with Gasteiger partial charge in [-0.15, -0.1) is 0 Å². The molecule has 0 aliphatic carbocycles. The van der Waals surface area contributed by atoms with E-state index in [-0.39, 0.29) is 17.9 Å². The van der Waals surface area contributed by atoms with Gasteiger partial charge < -0.3 is 24.5 Å². The Balaban J connectivity index is 1.70. The van der Waals surface area contributed by atoms with Crippen molar-refractivity contribution < 1.29 is 19.0 Å². The third-order valence-electron chi connectivity index (χ3n) is 4.73. The second-order valence-electron chi connectivity index (χ2n) is 6.87. The van der Waals surface area contributed by atoms with E-state index in [9.17, 15) is 9.59 Å². The molecule has 3 aromatic rings. The molecule has 32 heavy (non-hydrogen) atoms. The Hall–Kier alpha value is -3.46. The molecule has 3 rings (SSSR count). The molecule has 0 radical (unpaired) electrons. The van der Waals surface area contributed by atoms with E-state index in [4.69, 9.17) is 14.2 Å². The number of aryl methyl sites for hydroxylation is 1. The van der Waals surface area contributed by atoms with E-state index in [2.05, 4.69) is 15.3 Å². The lowest BCUT2D eigenvalue weighted by Gasteiger charge is -2.12. The summed E-state index contributed by atoms with van der Waals surface area (Å²) >= 11 is 1.41. The van der Waals surface area contributed by atoms with Crippen LogP contribution in [0.4, 0.5) is 5.69 Å². The number of methoxy groups -OCH3 is 3. The van der Waals surface area contributed by atoms with Crippen LogP contribution in [0.3, 0.4) is 0 Å². The quantitative estimate of drug-likeness (QED) is 0.376. The monoisotopic (exact) mass is 455 g/mol. The first-order chi connectivity index (χ1) is 15.4. The van der Waals surface area contributed by atoms with E-state index in [0.29, 0.717) is 39.4 Å². The highest BCUT2D eigenvalue weighted by molar-refractivity contribution is 7.98. The molecule has 0 saturated carbocycles. The molecular formula is C23H25N3O5S. The molecule has 2 aromatic carbocycles. The molecule has 1 aromatic heterocycles. The number of ether oxygens (including phenoxy) is 3. The summed E-state index contributed by atoms with van der Waals surface area (Å²) in [6.07, 6.45) is -0.116. The Bertz CT molecular complexity index is 1160. The number of nitrogens with one attached hydrogen (secondary N) is 2. The second-order valence-corrected chi connectivity index (χ2v) is 7.83. The largest absolute Gasteiger partial charge is 0.497 e. The summed E-state index contributed by atoms with van der Waals surface area (Å²) in [6, 6.07) is 12.8. The molecule has 8 nitrogen and oxygen atoms in total. The number of carbonyl (C=O) groups excluding carboxylic acids is 1. The van der Waals surface area contributed by atoms with Crippen LogP contribution in [0.15, 0.2) is 52.4 Å². The zero-order valence-electron chi connectivity index (χ0n) is 18.4. The highest BCUT2D eigenvalue weighted by Gasteiger charge is 2.15. The number of H-pyrrole nitrogens is 1. The van der Waals surface area contributed by atoms with Crippen molar-refractivity contribution in [2.24, 2.45) is 0 Å². The molecule has 0 saturated heterocycles. The minimum Gasteiger partial charge on any atom is -0.497 e. The van der Waals surface area contributed by atoms with Gasteiger partial charge in [-0.25, -0.2) is 4.98 Å². The maximum Gasteiger partial charge on any atom is 0.255 e. The molecule has 0 bridgehead atoms. The predicted molar refractivity (Wildman–Crippen MR) is 124 cm³/mol. The minimum atomic E-state index is -0.358. The standard InChI is InChI=1S/C23H25N3O5S/c1-14-18(12-21(27)25-19-11-17(30-3)8-9-20(19)31-4)22(28)26-23(24-14)32-13-15-6-5-7-16(10-15)29-2/h5-11H,12-13H2,1-4H3,(H,25,27)(H,24,26,28).